The Morgan fingerprint density at radius 3 is 2.69 bits per heavy atom. The SMILES string of the molecule is CNc1cncc(N2CC3CCCC3C2)n1. The smallest absolute Gasteiger partial charge is 0.149 e. The van der Waals surface area contributed by atoms with E-state index in [1.54, 1.807) is 6.20 Å². The monoisotopic (exact) mass is 218 g/mol. The Kier molecular flexibility index (Phi) is 2.42. The van der Waals surface area contributed by atoms with Gasteiger partial charge in [-0.05, 0) is 24.7 Å². The average molecular weight is 218 g/mol. The number of nitrogens with one attached hydrogen (secondary N) is 1. The summed E-state index contributed by atoms with van der Waals surface area (Å²) in [5.74, 6) is 3.69. The first-order valence-electron chi connectivity index (χ1n) is 6.11. The molecule has 2 atom stereocenters. The average Bonchev–Trinajstić information content (AvgIpc) is 2.89. The molecule has 2 fully saturated rings. The van der Waals surface area contributed by atoms with Gasteiger partial charge in [0.05, 0.1) is 12.4 Å². The first kappa shape index (κ1) is 9.87. The van der Waals surface area contributed by atoms with Crippen molar-refractivity contribution in [2.24, 2.45) is 11.8 Å². The first-order chi connectivity index (χ1) is 7.86. The summed E-state index contributed by atoms with van der Waals surface area (Å²) < 4.78 is 0. The maximum absolute atomic E-state index is 4.55. The molecule has 1 N–H and O–H groups in total. The van der Waals surface area contributed by atoms with E-state index < -0.39 is 0 Å². The van der Waals surface area contributed by atoms with Crippen molar-refractivity contribution in [1.82, 2.24) is 9.97 Å². The van der Waals surface area contributed by atoms with Crippen LogP contribution in [0.5, 0.6) is 0 Å². The largest absolute Gasteiger partial charge is 0.372 e. The standard InChI is InChI=1S/C12H18N4/c1-13-11-5-14-6-12(15-11)16-7-9-3-2-4-10(9)8-16/h5-6,9-10H,2-4,7-8H2,1H3,(H,13,15). The van der Waals surface area contributed by atoms with Crippen LogP contribution in [0.15, 0.2) is 12.4 Å². The van der Waals surface area contributed by atoms with Gasteiger partial charge in [0.1, 0.15) is 11.6 Å². The molecule has 86 valence electrons. The summed E-state index contributed by atoms with van der Waals surface area (Å²) in [6.07, 6.45) is 7.87. The van der Waals surface area contributed by atoms with Gasteiger partial charge in [-0.1, -0.05) is 6.42 Å². The van der Waals surface area contributed by atoms with Crippen LogP contribution in [-0.2, 0) is 0 Å². The topological polar surface area (TPSA) is 41.1 Å². The maximum atomic E-state index is 4.55. The highest BCUT2D eigenvalue weighted by molar-refractivity contribution is 5.44. The van der Waals surface area contributed by atoms with Gasteiger partial charge >= 0.3 is 0 Å². The molecular formula is C12H18N4. The lowest BCUT2D eigenvalue weighted by atomic mass is 10.0. The first-order valence-corrected chi connectivity index (χ1v) is 6.11. The number of aromatic nitrogens is 2. The van der Waals surface area contributed by atoms with Crippen molar-refractivity contribution in [3.05, 3.63) is 12.4 Å². The molecular weight excluding hydrogens is 200 g/mol. The molecule has 1 aliphatic heterocycles. The molecule has 2 heterocycles. The van der Waals surface area contributed by atoms with Crippen molar-refractivity contribution in [2.45, 2.75) is 19.3 Å². The minimum atomic E-state index is 0.856. The highest BCUT2D eigenvalue weighted by atomic mass is 15.2. The van der Waals surface area contributed by atoms with Gasteiger partial charge < -0.3 is 10.2 Å². The Hall–Kier alpha value is -1.32. The van der Waals surface area contributed by atoms with E-state index in [-0.39, 0.29) is 0 Å². The number of anilines is 2. The van der Waals surface area contributed by atoms with Crippen LogP contribution >= 0.6 is 0 Å². The van der Waals surface area contributed by atoms with E-state index >= 15 is 0 Å². The molecule has 1 aromatic heterocycles. The Morgan fingerprint density at radius 2 is 2.00 bits per heavy atom. The molecule has 2 aliphatic rings. The van der Waals surface area contributed by atoms with E-state index in [4.69, 9.17) is 0 Å². The Labute approximate surface area is 96.1 Å². The normalized spacial score (nSPS) is 28.2. The second-order valence-corrected chi connectivity index (χ2v) is 4.87. The zero-order valence-corrected chi connectivity index (χ0v) is 9.69. The van der Waals surface area contributed by atoms with Gasteiger partial charge in [-0.3, -0.25) is 4.98 Å². The maximum Gasteiger partial charge on any atom is 0.149 e. The van der Waals surface area contributed by atoms with E-state index in [1.165, 1.54) is 32.4 Å². The molecule has 16 heavy (non-hydrogen) atoms. The van der Waals surface area contributed by atoms with Crippen molar-refractivity contribution in [1.29, 1.82) is 0 Å². The summed E-state index contributed by atoms with van der Waals surface area (Å²) in [6, 6.07) is 0. The number of hydrogen-bond acceptors (Lipinski definition) is 4. The number of hydrogen-bond donors (Lipinski definition) is 1. The Morgan fingerprint density at radius 1 is 1.25 bits per heavy atom. The van der Waals surface area contributed by atoms with Gasteiger partial charge in [0.15, 0.2) is 0 Å². The van der Waals surface area contributed by atoms with Crippen LogP contribution in [0, 0.1) is 11.8 Å². The van der Waals surface area contributed by atoms with Crippen molar-refractivity contribution in [3.63, 3.8) is 0 Å². The Balaban J connectivity index is 1.78. The van der Waals surface area contributed by atoms with Crippen LogP contribution in [-0.4, -0.2) is 30.1 Å². The lowest BCUT2D eigenvalue weighted by Crippen LogP contribution is -2.22. The summed E-state index contributed by atoms with van der Waals surface area (Å²) in [6.45, 7) is 2.35. The molecule has 0 aromatic carbocycles. The van der Waals surface area contributed by atoms with Gasteiger partial charge in [-0.15, -0.1) is 0 Å². The van der Waals surface area contributed by atoms with Gasteiger partial charge in [0.25, 0.3) is 0 Å². The highest BCUT2D eigenvalue weighted by Gasteiger charge is 2.36. The Bertz CT molecular complexity index is 367. The van der Waals surface area contributed by atoms with E-state index in [9.17, 15) is 0 Å². The third-order valence-corrected chi connectivity index (χ3v) is 3.93. The van der Waals surface area contributed by atoms with Crippen LogP contribution in [0.1, 0.15) is 19.3 Å². The minimum absolute atomic E-state index is 0.856. The molecule has 4 nitrogen and oxygen atoms in total. The zero-order valence-electron chi connectivity index (χ0n) is 9.69. The molecule has 3 rings (SSSR count). The fraction of sp³-hybridized carbons (Fsp3) is 0.667. The third-order valence-electron chi connectivity index (χ3n) is 3.93. The van der Waals surface area contributed by atoms with Gasteiger partial charge in [0.2, 0.25) is 0 Å². The van der Waals surface area contributed by atoms with Crippen molar-refractivity contribution in [2.75, 3.05) is 30.4 Å². The third kappa shape index (κ3) is 1.62. The molecule has 1 aliphatic carbocycles. The zero-order chi connectivity index (χ0) is 11.0. The lowest BCUT2D eigenvalue weighted by Gasteiger charge is -2.18. The van der Waals surface area contributed by atoms with Crippen LogP contribution in [0.4, 0.5) is 11.6 Å². The van der Waals surface area contributed by atoms with Gasteiger partial charge in [0, 0.05) is 20.1 Å². The quantitative estimate of drug-likeness (QED) is 0.821. The molecule has 0 radical (unpaired) electrons. The fourth-order valence-corrected chi connectivity index (χ4v) is 3.05. The molecule has 4 heteroatoms. The summed E-state index contributed by atoms with van der Waals surface area (Å²) >= 11 is 0. The van der Waals surface area contributed by atoms with E-state index in [0.717, 1.165) is 23.5 Å². The molecule has 2 unspecified atom stereocenters. The predicted octanol–water partition coefficient (Wildman–Crippen LogP) is 1.75. The van der Waals surface area contributed by atoms with Gasteiger partial charge in [-0.25, -0.2) is 4.98 Å². The van der Waals surface area contributed by atoms with E-state index in [0.29, 0.717) is 0 Å². The molecule has 1 saturated carbocycles. The predicted molar refractivity (Wildman–Crippen MR) is 64.6 cm³/mol. The number of rotatable bonds is 2. The second kappa shape index (κ2) is 3.92. The summed E-state index contributed by atoms with van der Waals surface area (Å²) in [7, 11) is 1.88. The van der Waals surface area contributed by atoms with Crippen LogP contribution in [0.3, 0.4) is 0 Å². The van der Waals surface area contributed by atoms with Crippen LogP contribution in [0.2, 0.25) is 0 Å². The van der Waals surface area contributed by atoms with Crippen molar-refractivity contribution >= 4 is 11.6 Å². The lowest BCUT2D eigenvalue weighted by molar-refractivity contribution is 0.494. The van der Waals surface area contributed by atoms with Crippen LogP contribution < -0.4 is 10.2 Å². The fourth-order valence-electron chi connectivity index (χ4n) is 3.05. The molecule has 0 bridgehead atoms. The number of fused-ring (bicyclic) bond motifs is 1. The van der Waals surface area contributed by atoms with Crippen molar-refractivity contribution in [3.8, 4) is 0 Å². The van der Waals surface area contributed by atoms with Gasteiger partial charge in [-0.2, -0.15) is 0 Å². The van der Waals surface area contributed by atoms with Crippen LogP contribution in [0.25, 0.3) is 0 Å². The molecule has 0 spiro atoms. The van der Waals surface area contributed by atoms with E-state index in [2.05, 4.69) is 20.2 Å². The second-order valence-electron chi connectivity index (χ2n) is 4.87. The number of nitrogens with zero attached hydrogens (tertiary/aromatic N) is 3. The minimum Gasteiger partial charge on any atom is -0.372 e. The van der Waals surface area contributed by atoms with E-state index in [1.807, 2.05) is 13.2 Å². The summed E-state index contributed by atoms with van der Waals surface area (Å²) in [5.41, 5.74) is 0. The van der Waals surface area contributed by atoms with Crippen molar-refractivity contribution < 1.29 is 0 Å². The summed E-state index contributed by atoms with van der Waals surface area (Å²) in [4.78, 5) is 11.2. The summed E-state index contributed by atoms with van der Waals surface area (Å²) in [5, 5.41) is 3.04. The highest BCUT2D eigenvalue weighted by Crippen LogP contribution is 2.38. The molecule has 0 amide bonds. The molecule has 1 saturated heterocycles. The molecule has 1 aromatic rings.